The molecule has 0 atom stereocenters. The first kappa shape index (κ1) is 19.2. The number of anilines is 1. The number of rotatable bonds is 4. The molecule has 0 radical (unpaired) electrons. The average Bonchev–Trinajstić information content (AvgIpc) is 3.49. The number of thiazole rings is 1. The van der Waals surface area contributed by atoms with Crippen molar-refractivity contribution in [3.63, 3.8) is 0 Å². The Balaban J connectivity index is 1.37. The van der Waals surface area contributed by atoms with Crippen molar-refractivity contribution in [2.24, 2.45) is 7.05 Å². The van der Waals surface area contributed by atoms with Gasteiger partial charge in [-0.1, -0.05) is 0 Å². The molecule has 2 aromatic carbocycles. The highest BCUT2D eigenvalue weighted by molar-refractivity contribution is 7.13. The van der Waals surface area contributed by atoms with Crippen LogP contribution in [0.1, 0.15) is 10.4 Å². The summed E-state index contributed by atoms with van der Waals surface area (Å²) in [6.07, 6.45) is 0. The van der Waals surface area contributed by atoms with E-state index in [9.17, 15) is 13.6 Å². The molecule has 1 amide bonds. The van der Waals surface area contributed by atoms with E-state index in [1.165, 1.54) is 22.1 Å². The molecule has 0 fully saturated rings. The minimum atomic E-state index is -1.09. The van der Waals surface area contributed by atoms with Crippen LogP contribution in [0.4, 0.5) is 14.6 Å². The molecule has 0 aliphatic carbocycles. The summed E-state index contributed by atoms with van der Waals surface area (Å²) in [7, 11) is 1.66. The zero-order valence-electron chi connectivity index (χ0n) is 16.1. The molecular formula is C21H14F2N4O3S. The average molecular weight is 440 g/mol. The second-order valence-corrected chi connectivity index (χ2v) is 7.59. The van der Waals surface area contributed by atoms with Crippen molar-refractivity contribution >= 4 is 23.1 Å². The van der Waals surface area contributed by atoms with Gasteiger partial charge in [0.1, 0.15) is 16.5 Å². The molecule has 7 nitrogen and oxygen atoms in total. The Morgan fingerprint density at radius 1 is 1.06 bits per heavy atom. The molecule has 4 aromatic rings. The predicted octanol–water partition coefficient (Wildman–Crippen LogP) is 4.47. The number of ether oxygens (including phenoxy) is 2. The van der Waals surface area contributed by atoms with Crippen LogP contribution in [0.5, 0.6) is 11.5 Å². The number of nitrogens with zero attached hydrogens (tertiary/aromatic N) is 3. The molecule has 0 saturated heterocycles. The van der Waals surface area contributed by atoms with Crippen molar-refractivity contribution in [1.82, 2.24) is 14.8 Å². The third kappa shape index (κ3) is 3.61. The summed E-state index contributed by atoms with van der Waals surface area (Å²) in [5, 5.41) is 9.61. The van der Waals surface area contributed by atoms with Gasteiger partial charge in [-0.05, 0) is 36.4 Å². The van der Waals surface area contributed by atoms with Crippen LogP contribution in [0, 0.1) is 11.6 Å². The molecule has 31 heavy (non-hydrogen) atoms. The minimum Gasteiger partial charge on any atom is -0.454 e. The number of carbonyl (C=O) groups is 1. The van der Waals surface area contributed by atoms with E-state index in [-0.39, 0.29) is 12.4 Å². The molecule has 1 N–H and O–H groups in total. The molecule has 0 bridgehead atoms. The number of carbonyl (C=O) groups excluding carboxylic acids is 1. The first-order chi connectivity index (χ1) is 15.0. The van der Waals surface area contributed by atoms with Crippen LogP contribution in [0.25, 0.3) is 22.0 Å². The van der Waals surface area contributed by atoms with Crippen molar-refractivity contribution in [2.75, 3.05) is 12.1 Å². The van der Waals surface area contributed by atoms with Gasteiger partial charge in [-0.25, -0.2) is 13.8 Å². The summed E-state index contributed by atoms with van der Waals surface area (Å²) in [6, 6.07) is 10.2. The zero-order valence-corrected chi connectivity index (χ0v) is 16.9. The normalized spacial score (nSPS) is 12.2. The van der Waals surface area contributed by atoms with E-state index in [2.05, 4.69) is 15.4 Å². The summed E-state index contributed by atoms with van der Waals surface area (Å²) in [5.41, 5.74) is 2.21. The van der Waals surface area contributed by atoms with Crippen molar-refractivity contribution in [3.8, 4) is 33.5 Å². The summed E-state index contributed by atoms with van der Waals surface area (Å²) in [4.78, 5) is 17.0. The highest BCUT2D eigenvalue weighted by Crippen LogP contribution is 2.37. The summed E-state index contributed by atoms with van der Waals surface area (Å²) in [5.74, 6) is -0.908. The number of nitrogens with one attached hydrogen (secondary N) is 1. The molecule has 10 heteroatoms. The SMILES string of the molecule is Cn1nc(-c2nc(-c3ccc4c(c3)OCO4)cs2)cc1NC(=O)c1ccc(F)c(F)c1. The van der Waals surface area contributed by atoms with Crippen LogP contribution in [0.3, 0.4) is 0 Å². The van der Waals surface area contributed by atoms with E-state index in [0.717, 1.165) is 23.4 Å². The van der Waals surface area contributed by atoms with Gasteiger partial charge in [0.25, 0.3) is 5.91 Å². The van der Waals surface area contributed by atoms with Gasteiger partial charge in [-0.3, -0.25) is 9.48 Å². The van der Waals surface area contributed by atoms with Crippen LogP contribution < -0.4 is 14.8 Å². The Bertz CT molecular complexity index is 1320. The Morgan fingerprint density at radius 3 is 2.74 bits per heavy atom. The third-order valence-electron chi connectivity index (χ3n) is 4.69. The number of hydrogen-bond acceptors (Lipinski definition) is 6. The van der Waals surface area contributed by atoms with E-state index in [1.807, 2.05) is 23.6 Å². The largest absolute Gasteiger partial charge is 0.454 e. The molecule has 156 valence electrons. The number of halogens is 2. The number of fused-ring (bicyclic) bond motifs is 1. The molecule has 1 aliphatic heterocycles. The van der Waals surface area contributed by atoms with Gasteiger partial charge < -0.3 is 14.8 Å². The fourth-order valence-electron chi connectivity index (χ4n) is 3.09. The Kier molecular flexibility index (Phi) is 4.63. The molecule has 3 heterocycles. The first-order valence-electron chi connectivity index (χ1n) is 9.14. The van der Waals surface area contributed by atoms with Gasteiger partial charge in [0.2, 0.25) is 6.79 Å². The topological polar surface area (TPSA) is 78.3 Å². The monoisotopic (exact) mass is 440 g/mol. The molecule has 1 aliphatic rings. The quantitative estimate of drug-likeness (QED) is 0.507. The lowest BCUT2D eigenvalue weighted by molar-refractivity contribution is 0.102. The molecule has 5 rings (SSSR count). The lowest BCUT2D eigenvalue weighted by Crippen LogP contribution is -2.14. The highest BCUT2D eigenvalue weighted by Gasteiger charge is 2.18. The van der Waals surface area contributed by atoms with Crippen LogP contribution in [0.15, 0.2) is 47.8 Å². The second-order valence-electron chi connectivity index (χ2n) is 6.73. The lowest BCUT2D eigenvalue weighted by Gasteiger charge is -2.05. The van der Waals surface area contributed by atoms with Crippen molar-refractivity contribution in [2.45, 2.75) is 0 Å². The molecule has 0 spiro atoms. The number of benzene rings is 2. The van der Waals surface area contributed by atoms with Gasteiger partial charge in [-0.15, -0.1) is 11.3 Å². The number of hydrogen-bond donors (Lipinski definition) is 1. The minimum absolute atomic E-state index is 0.000919. The maximum atomic E-state index is 13.4. The second kappa shape index (κ2) is 7.47. The first-order valence-corrected chi connectivity index (χ1v) is 10.0. The smallest absolute Gasteiger partial charge is 0.256 e. The van der Waals surface area contributed by atoms with Crippen molar-refractivity contribution < 1.29 is 23.0 Å². The Morgan fingerprint density at radius 2 is 1.90 bits per heavy atom. The molecule has 0 unspecified atom stereocenters. The standard InChI is InChI=1S/C21H14F2N4O3S/c1-27-19(25-20(28)12-2-4-13(22)14(23)6-12)8-15(26-27)21-24-16(9-31-21)11-3-5-17-18(7-11)30-10-29-17/h2-9H,10H2,1H3,(H,25,28). The fourth-order valence-corrected chi connectivity index (χ4v) is 3.88. The number of aromatic nitrogens is 3. The van der Waals surface area contributed by atoms with Crippen LogP contribution in [0.2, 0.25) is 0 Å². The van der Waals surface area contributed by atoms with Gasteiger partial charge in [0.05, 0.1) is 5.69 Å². The summed E-state index contributed by atoms with van der Waals surface area (Å²) >= 11 is 1.41. The van der Waals surface area contributed by atoms with Gasteiger partial charge in [-0.2, -0.15) is 5.10 Å². The number of amides is 1. The van der Waals surface area contributed by atoms with E-state index in [4.69, 9.17) is 9.47 Å². The highest BCUT2D eigenvalue weighted by atomic mass is 32.1. The van der Waals surface area contributed by atoms with Crippen molar-refractivity contribution in [1.29, 1.82) is 0 Å². The van der Waals surface area contributed by atoms with Crippen LogP contribution in [-0.2, 0) is 7.05 Å². The van der Waals surface area contributed by atoms with Gasteiger partial charge in [0, 0.05) is 29.6 Å². The fraction of sp³-hybridized carbons (Fsp3) is 0.0952. The number of aryl methyl sites for hydroxylation is 1. The van der Waals surface area contributed by atoms with Gasteiger partial charge >= 0.3 is 0 Å². The molecular weight excluding hydrogens is 426 g/mol. The molecule has 0 saturated carbocycles. The summed E-state index contributed by atoms with van der Waals surface area (Å²) < 4.78 is 38.7. The van der Waals surface area contributed by atoms with Crippen LogP contribution >= 0.6 is 11.3 Å². The molecule has 2 aromatic heterocycles. The maximum absolute atomic E-state index is 13.4. The predicted molar refractivity (Wildman–Crippen MR) is 110 cm³/mol. The Hall–Kier alpha value is -3.79. The maximum Gasteiger partial charge on any atom is 0.256 e. The van der Waals surface area contributed by atoms with Crippen LogP contribution in [-0.4, -0.2) is 27.5 Å². The van der Waals surface area contributed by atoms with Gasteiger partial charge in [0.15, 0.2) is 23.1 Å². The third-order valence-corrected chi connectivity index (χ3v) is 5.56. The zero-order chi connectivity index (χ0) is 21.5. The Labute approximate surface area is 178 Å². The van der Waals surface area contributed by atoms with Crippen molar-refractivity contribution in [3.05, 3.63) is 65.0 Å². The van der Waals surface area contributed by atoms with E-state index in [0.29, 0.717) is 28.0 Å². The lowest BCUT2D eigenvalue weighted by atomic mass is 10.1. The van der Waals surface area contributed by atoms with E-state index < -0.39 is 17.5 Å². The van der Waals surface area contributed by atoms with E-state index >= 15 is 0 Å². The van der Waals surface area contributed by atoms with E-state index in [1.54, 1.807) is 13.1 Å². The summed E-state index contributed by atoms with van der Waals surface area (Å²) in [6.45, 7) is 0.202.